The molecule has 0 atom stereocenters. The lowest BCUT2D eigenvalue weighted by atomic mass is 9.87. The number of benzene rings is 2. The van der Waals surface area contributed by atoms with E-state index >= 15 is 0 Å². The Morgan fingerprint density at radius 2 is 1.59 bits per heavy atom. The number of pyridine rings is 1. The molecule has 1 aromatic heterocycles. The molecule has 0 saturated heterocycles. The van der Waals surface area contributed by atoms with E-state index in [0.717, 1.165) is 28.8 Å². The molecule has 0 aliphatic heterocycles. The molecule has 1 amide bonds. The first-order valence-corrected chi connectivity index (χ1v) is 11.5. The quantitative estimate of drug-likeness (QED) is 0.321. The molecule has 1 heterocycles. The molecule has 0 unspecified atom stereocenters. The number of carbonyl (C=O) groups excluding carboxylic acids is 1. The van der Waals surface area contributed by atoms with Crippen LogP contribution in [-0.2, 0) is 24.6 Å². The van der Waals surface area contributed by atoms with Gasteiger partial charge in [-0.25, -0.2) is 4.98 Å². The first-order valence-electron chi connectivity index (χ1n) is 10.7. The van der Waals surface area contributed by atoms with E-state index in [1.165, 1.54) is 11.0 Å². The Bertz CT molecular complexity index is 1160. The van der Waals surface area contributed by atoms with Crippen LogP contribution in [0.15, 0.2) is 60.8 Å². The highest BCUT2D eigenvalue weighted by molar-refractivity contribution is 6.31. The lowest BCUT2D eigenvalue weighted by molar-refractivity contribution is -0.137. The predicted molar refractivity (Wildman–Crippen MR) is 129 cm³/mol. The van der Waals surface area contributed by atoms with Crippen molar-refractivity contribution in [3.63, 3.8) is 0 Å². The minimum atomic E-state index is -4.61. The number of halogens is 5. The molecule has 2 aromatic carbocycles. The zero-order valence-corrected chi connectivity index (χ0v) is 20.6. The molecule has 0 fully saturated rings. The van der Waals surface area contributed by atoms with E-state index in [1.54, 1.807) is 18.3 Å². The Kier molecular flexibility index (Phi) is 7.94. The number of amides is 1. The van der Waals surface area contributed by atoms with Crippen LogP contribution in [0.25, 0.3) is 0 Å². The van der Waals surface area contributed by atoms with E-state index in [1.807, 2.05) is 24.3 Å². The third-order valence-corrected chi connectivity index (χ3v) is 5.84. The van der Waals surface area contributed by atoms with Gasteiger partial charge in [0.25, 0.3) is 5.91 Å². The van der Waals surface area contributed by atoms with Crippen molar-refractivity contribution in [3.05, 3.63) is 98.8 Å². The summed E-state index contributed by atoms with van der Waals surface area (Å²) in [5, 5.41) is 0.186. The smallest absolute Gasteiger partial charge is 0.334 e. The van der Waals surface area contributed by atoms with E-state index in [4.69, 9.17) is 23.2 Å². The van der Waals surface area contributed by atoms with E-state index in [-0.39, 0.29) is 29.1 Å². The molecule has 0 radical (unpaired) electrons. The zero-order chi connectivity index (χ0) is 25.1. The van der Waals surface area contributed by atoms with Crippen molar-refractivity contribution in [1.82, 2.24) is 9.88 Å². The highest BCUT2D eigenvalue weighted by Gasteiger charge is 2.32. The molecule has 0 aliphatic carbocycles. The van der Waals surface area contributed by atoms with Crippen molar-refractivity contribution in [2.75, 3.05) is 6.54 Å². The molecule has 3 nitrogen and oxygen atoms in total. The summed E-state index contributed by atoms with van der Waals surface area (Å²) in [5.41, 5.74) is 1.78. The molecule has 0 spiro atoms. The molecule has 180 valence electrons. The van der Waals surface area contributed by atoms with Crippen molar-refractivity contribution in [1.29, 1.82) is 0 Å². The van der Waals surface area contributed by atoms with Gasteiger partial charge in [0.05, 0.1) is 5.56 Å². The Balaban J connectivity index is 1.90. The fourth-order valence-corrected chi connectivity index (χ4v) is 3.94. The second kappa shape index (κ2) is 10.4. The number of aromatic nitrogens is 1. The summed E-state index contributed by atoms with van der Waals surface area (Å²) in [5.74, 6) is -0.534. The molecule has 34 heavy (non-hydrogen) atoms. The van der Waals surface area contributed by atoms with Gasteiger partial charge in [0, 0.05) is 29.9 Å². The van der Waals surface area contributed by atoms with E-state index in [2.05, 4.69) is 25.8 Å². The molecular formula is C26H25Cl2F3N2O. The first kappa shape index (κ1) is 26.0. The van der Waals surface area contributed by atoms with Crippen molar-refractivity contribution in [2.45, 2.75) is 45.3 Å². The standard InChI is InChI=1S/C26H25Cl2F3N2O/c1-25(2,3)20-6-4-18(5-7-20)16-33(11-9-17-8-10-32-23(28)12-17)24(34)19-13-21(26(29,30)31)15-22(27)14-19/h4-8,10,12-15H,9,11,16H2,1-3H3. The van der Waals surface area contributed by atoms with Crippen LogP contribution in [0.3, 0.4) is 0 Å². The lowest BCUT2D eigenvalue weighted by Gasteiger charge is -2.25. The van der Waals surface area contributed by atoms with Crippen LogP contribution in [0, 0.1) is 0 Å². The van der Waals surface area contributed by atoms with Crippen LogP contribution in [-0.4, -0.2) is 22.3 Å². The van der Waals surface area contributed by atoms with Crippen molar-refractivity contribution < 1.29 is 18.0 Å². The summed E-state index contributed by atoms with van der Waals surface area (Å²) in [7, 11) is 0. The van der Waals surface area contributed by atoms with Gasteiger partial charge in [-0.05, 0) is 58.9 Å². The molecule has 0 aliphatic rings. The van der Waals surface area contributed by atoms with Crippen LogP contribution in [0.2, 0.25) is 10.2 Å². The Morgan fingerprint density at radius 1 is 0.912 bits per heavy atom. The number of nitrogens with zero attached hydrogens (tertiary/aromatic N) is 2. The number of rotatable bonds is 6. The maximum absolute atomic E-state index is 13.4. The molecule has 0 bridgehead atoms. The van der Waals surface area contributed by atoms with Crippen molar-refractivity contribution in [2.24, 2.45) is 0 Å². The predicted octanol–water partition coefficient (Wildman–Crippen LogP) is 7.59. The maximum atomic E-state index is 13.4. The highest BCUT2D eigenvalue weighted by atomic mass is 35.5. The number of carbonyl (C=O) groups is 1. The van der Waals surface area contributed by atoms with Gasteiger partial charge >= 0.3 is 6.18 Å². The van der Waals surface area contributed by atoms with Gasteiger partial charge in [-0.15, -0.1) is 0 Å². The van der Waals surface area contributed by atoms with Gasteiger partial charge in [-0.2, -0.15) is 13.2 Å². The van der Waals surface area contributed by atoms with Crippen molar-refractivity contribution >= 4 is 29.1 Å². The fraction of sp³-hybridized carbons (Fsp3) is 0.308. The number of hydrogen-bond donors (Lipinski definition) is 0. The third kappa shape index (κ3) is 6.97. The molecule has 0 saturated carbocycles. The SMILES string of the molecule is CC(C)(C)c1ccc(CN(CCc2ccnc(Cl)c2)C(=O)c2cc(Cl)cc(C(F)(F)F)c2)cc1. The third-order valence-electron chi connectivity index (χ3n) is 5.41. The molecule has 3 rings (SSSR count). The summed E-state index contributed by atoms with van der Waals surface area (Å²) in [6.07, 6.45) is -2.58. The Labute approximate surface area is 207 Å². The number of hydrogen-bond acceptors (Lipinski definition) is 2. The van der Waals surface area contributed by atoms with E-state index in [9.17, 15) is 18.0 Å². The Hall–Kier alpha value is -2.57. The topological polar surface area (TPSA) is 33.2 Å². The molecule has 8 heteroatoms. The highest BCUT2D eigenvalue weighted by Crippen LogP contribution is 2.32. The van der Waals surface area contributed by atoms with Crippen LogP contribution in [0.1, 0.15) is 53.4 Å². The summed E-state index contributed by atoms with van der Waals surface area (Å²) in [4.78, 5) is 18.8. The minimum absolute atomic E-state index is 0.0244. The maximum Gasteiger partial charge on any atom is 0.416 e. The lowest BCUT2D eigenvalue weighted by Crippen LogP contribution is -2.32. The summed E-state index contributed by atoms with van der Waals surface area (Å²) < 4.78 is 39.9. The number of alkyl halides is 3. The van der Waals surface area contributed by atoms with E-state index in [0.29, 0.717) is 11.6 Å². The van der Waals surface area contributed by atoms with E-state index < -0.39 is 17.6 Å². The van der Waals surface area contributed by atoms with Gasteiger partial charge in [-0.3, -0.25) is 4.79 Å². The molecule has 0 N–H and O–H groups in total. The van der Waals surface area contributed by atoms with Crippen LogP contribution in [0.4, 0.5) is 13.2 Å². The molecular weight excluding hydrogens is 484 g/mol. The summed E-state index contributed by atoms with van der Waals surface area (Å²) >= 11 is 11.9. The van der Waals surface area contributed by atoms with Gasteiger partial charge in [0.1, 0.15) is 5.15 Å². The largest absolute Gasteiger partial charge is 0.416 e. The summed E-state index contributed by atoms with van der Waals surface area (Å²) in [6.45, 7) is 6.82. The van der Waals surface area contributed by atoms with Gasteiger partial charge in [0.2, 0.25) is 0 Å². The normalized spacial score (nSPS) is 12.0. The first-order chi connectivity index (χ1) is 15.8. The fourth-order valence-electron chi connectivity index (χ4n) is 3.50. The summed E-state index contributed by atoms with van der Waals surface area (Å²) in [6, 6.07) is 14.3. The van der Waals surface area contributed by atoms with Gasteiger partial charge in [-0.1, -0.05) is 68.2 Å². The second-order valence-corrected chi connectivity index (χ2v) is 9.96. The Morgan fingerprint density at radius 3 is 2.18 bits per heavy atom. The van der Waals surface area contributed by atoms with Gasteiger partial charge < -0.3 is 4.90 Å². The van der Waals surface area contributed by atoms with Gasteiger partial charge in [0.15, 0.2) is 0 Å². The van der Waals surface area contributed by atoms with Crippen molar-refractivity contribution in [3.8, 4) is 0 Å². The second-order valence-electron chi connectivity index (χ2n) is 9.14. The minimum Gasteiger partial charge on any atom is -0.334 e. The average molecular weight is 509 g/mol. The monoisotopic (exact) mass is 508 g/mol. The van der Waals surface area contributed by atoms with Crippen LogP contribution >= 0.6 is 23.2 Å². The van der Waals surface area contributed by atoms with Crippen LogP contribution in [0.5, 0.6) is 0 Å². The van der Waals surface area contributed by atoms with Crippen LogP contribution < -0.4 is 0 Å². The zero-order valence-electron chi connectivity index (χ0n) is 19.1. The molecule has 3 aromatic rings. The average Bonchev–Trinajstić information content (AvgIpc) is 2.75.